The van der Waals surface area contributed by atoms with Gasteiger partial charge in [-0.05, 0) is 45.7 Å². The molecule has 1 atom stereocenters. The standard InChI is InChI=1S/C18H27N3O2/c1-10(2)17-9-16(14(6)23-17)18(22)19-11(3)8-15-12(4)20-21(7)13(15)5/h9-11H,8H2,1-7H3,(H,19,22). The number of rotatable bonds is 5. The first-order valence-corrected chi connectivity index (χ1v) is 8.11. The third-order valence-electron chi connectivity index (χ3n) is 4.30. The van der Waals surface area contributed by atoms with Gasteiger partial charge in [0.25, 0.3) is 5.91 Å². The third kappa shape index (κ3) is 3.66. The van der Waals surface area contributed by atoms with E-state index >= 15 is 0 Å². The highest BCUT2D eigenvalue weighted by Gasteiger charge is 2.19. The normalized spacial score (nSPS) is 12.7. The van der Waals surface area contributed by atoms with Crippen LogP contribution < -0.4 is 5.32 Å². The van der Waals surface area contributed by atoms with Gasteiger partial charge in [0.2, 0.25) is 0 Å². The van der Waals surface area contributed by atoms with Gasteiger partial charge in [-0.2, -0.15) is 5.10 Å². The fourth-order valence-electron chi connectivity index (χ4n) is 2.79. The molecule has 0 fully saturated rings. The number of hydrogen-bond donors (Lipinski definition) is 1. The van der Waals surface area contributed by atoms with Crippen LogP contribution in [0.5, 0.6) is 0 Å². The lowest BCUT2D eigenvalue weighted by molar-refractivity contribution is 0.0938. The second-order valence-corrected chi connectivity index (χ2v) is 6.62. The Morgan fingerprint density at radius 2 is 1.96 bits per heavy atom. The molecular formula is C18H27N3O2. The van der Waals surface area contributed by atoms with Crippen LogP contribution in [0.15, 0.2) is 10.5 Å². The lowest BCUT2D eigenvalue weighted by Crippen LogP contribution is -2.34. The maximum absolute atomic E-state index is 12.5. The SMILES string of the molecule is Cc1nn(C)c(C)c1CC(C)NC(=O)c1cc(C(C)C)oc1C. The van der Waals surface area contributed by atoms with Gasteiger partial charge >= 0.3 is 0 Å². The lowest BCUT2D eigenvalue weighted by Gasteiger charge is -2.14. The van der Waals surface area contributed by atoms with Crippen molar-refractivity contribution in [2.75, 3.05) is 0 Å². The van der Waals surface area contributed by atoms with E-state index in [0.29, 0.717) is 11.3 Å². The Kier molecular flexibility index (Phi) is 4.97. The molecule has 0 aromatic carbocycles. The number of carbonyl (C=O) groups is 1. The first-order valence-electron chi connectivity index (χ1n) is 8.11. The van der Waals surface area contributed by atoms with Crippen LogP contribution in [-0.2, 0) is 13.5 Å². The molecule has 5 nitrogen and oxygen atoms in total. The van der Waals surface area contributed by atoms with Crippen LogP contribution in [0.4, 0.5) is 0 Å². The fourth-order valence-corrected chi connectivity index (χ4v) is 2.79. The number of amides is 1. The summed E-state index contributed by atoms with van der Waals surface area (Å²) in [5, 5.41) is 7.49. The van der Waals surface area contributed by atoms with Crippen molar-refractivity contribution >= 4 is 5.91 Å². The predicted molar refractivity (Wildman–Crippen MR) is 90.8 cm³/mol. The Balaban J connectivity index is 2.08. The lowest BCUT2D eigenvalue weighted by atomic mass is 10.0. The van der Waals surface area contributed by atoms with E-state index in [9.17, 15) is 4.79 Å². The molecule has 1 amide bonds. The smallest absolute Gasteiger partial charge is 0.255 e. The number of nitrogens with one attached hydrogen (secondary N) is 1. The van der Waals surface area contributed by atoms with Crippen LogP contribution in [0.2, 0.25) is 0 Å². The molecule has 2 rings (SSSR count). The molecule has 126 valence electrons. The molecular weight excluding hydrogens is 290 g/mol. The predicted octanol–water partition coefficient (Wildman–Crippen LogP) is 3.42. The van der Waals surface area contributed by atoms with Crippen molar-refractivity contribution < 1.29 is 9.21 Å². The zero-order valence-electron chi connectivity index (χ0n) is 15.2. The van der Waals surface area contributed by atoms with E-state index in [1.165, 1.54) is 5.56 Å². The van der Waals surface area contributed by atoms with Crippen molar-refractivity contribution in [2.24, 2.45) is 7.05 Å². The van der Waals surface area contributed by atoms with Gasteiger partial charge in [-0.15, -0.1) is 0 Å². The van der Waals surface area contributed by atoms with E-state index in [1.54, 1.807) is 0 Å². The molecule has 23 heavy (non-hydrogen) atoms. The van der Waals surface area contributed by atoms with Crippen LogP contribution in [0, 0.1) is 20.8 Å². The van der Waals surface area contributed by atoms with Gasteiger partial charge in [0.05, 0.1) is 11.3 Å². The zero-order chi connectivity index (χ0) is 17.3. The van der Waals surface area contributed by atoms with Crippen molar-refractivity contribution in [2.45, 2.75) is 59.9 Å². The van der Waals surface area contributed by atoms with E-state index in [0.717, 1.165) is 23.6 Å². The van der Waals surface area contributed by atoms with E-state index < -0.39 is 0 Å². The van der Waals surface area contributed by atoms with Gasteiger partial charge in [0.15, 0.2) is 0 Å². The maximum atomic E-state index is 12.5. The monoisotopic (exact) mass is 317 g/mol. The van der Waals surface area contributed by atoms with Crippen LogP contribution in [-0.4, -0.2) is 21.7 Å². The van der Waals surface area contributed by atoms with Crippen LogP contribution >= 0.6 is 0 Å². The molecule has 5 heteroatoms. The van der Waals surface area contributed by atoms with Crippen molar-refractivity contribution in [1.29, 1.82) is 0 Å². The first kappa shape index (κ1) is 17.3. The van der Waals surface area contributed by atoms with E-state index in [1.807, 2.05) is 38.6 Å². The minimum absolute atomic E-state index is 0.0286. The number of hydrogen-bond acceptors (Lipinski definition) is 3. The Hall–Kier alpha value is -2.04. The minimum atomic E-state index is -0.0788. The van der Waals surface area contributed by atoms with E-state index in [-0.39, 0.29) is 17.9 Å². The molecule has 0 aliphatic carbocycles. The molecule has 2 aromatic heterocycles. The number of carbonyl (C=O) groups excluding carboxylic acids is 1. The molecule has 2 aromatic rings. The molecule has 0 aliphatic heterocycles. The van der Waals surface area contributed by atoms with Gasteiger partial charge in [0, 0.05) is 24.7 Å². The molecule has 1 N–H and O–H groups in total. The highest BCUT2D eigenvalue weighted by atomic mass is 16.3. The molecule has 1 unspecified atom stereocenters. The Labute approximate surface area is 138 Å². The maximum Gasteiger partial charge on any atom is 0.255 e. The number of nitrogens with zero attached hydrogens (tertiary/aromatic N) is 2. The van der Waals surface area contributed by atoms with Gasteiger partial charge in [-0.1, -0.05) is 13.8 Å². The van der Waals surface area contributed by atoms with E-state index in [2.05, 4.69) is 31.2 Å². The highest BCUT2D eigenvalue weighted by Crippen LogP contribution is 2.22. The summed E-state index contributed by atoms with van der Waals surface area (Å²) in [6.07, 6.45) is 0.769. The molecule has 0 saturated heterocycles. The summed E-state index contributed by atoms with van der Waals surface area (Å²) in [5.74, 6) is 1.71. The van der Waals surface area contributed by atoms with Gasteiger partial charge in [-0.3, -0.25) is 9.48 Å². The second-order valence-electron chi connectivity index (χ2n) is 6.62. The van der Waals surface area contributed by atoms with Crippen molar-refractivity contribution in [3.8, 4) is 0 Å². The first-order chi connectivity index (χ1) is 10.7. The molecule has 0 radical (unpaired) electrons. The van der Waals surface area contributed by atoms with Crippen molar-refractivity contribution in [1.82, 2.24) is 15.1 Å². The average molecular weight is 317 g/mol. The Bertz CT molecular complexity index is 710. The van der Waals surface area contributed by atoms with Gasteiger partial charge < -0.3 is 9.73 Å². The van der Waals surface area contributed by atoms with Gasteiger partial charge in [0.1, 0.15) is 11.5 Å². The van der Waals surface area contributed by atoms with Crippen molar-refractivity contribution in [3.05, 3.63) is 40.1 Å². The fraction of sp³-hybridized carbons (Fsp3) is 0.556. The van der Waals surface area contributed by atoms with Crippen LogP contribution in [0.3, 0.4) is 0 Å². The Morgan fingerprint density at radius 3 is 2.43 bits per heavy atom. The largest absolute Gasteiger partial charge is 0.465 e. The van der Waals surface area contributed by atoms with Gasteiger partial charge in [-0.25, -0.2) is 0 Å². The molecule has 0 saturated carbocycles. The topological polar surface area (TPSA) is 60.1 Å². The zero-order valence-corrected chi connectivity index (χ0v) is 15.2. The summed E-state index contributed by atoms with van der Waals surface area (Å²) in [6, 6.07) is 1.88. The number of aromatic nitrogens is 2. The van der Waals surface area contributed by atoms with Crippen LogP contribution in [0.1, 0.15) is 65.5 Å². The highest BCUT2D eigenvalue weighted by molar-refractivity contribution is 5.95. The second kappa shape index (κ2) is 6.60. The Morgan fingerprint density at radius 1 is 1.30 bits per heavy atom. The van der Waals surface area contributed by atoms with Crippen LogP contribution in [0.25, 0.3) is 0 Å². The van der Waals surface area contributed by atoms with Crippen molar-refractivity contribution in [3.63, 3.8) is 0 Å². The number of aryl methyl sites for hydroxylation is 3. The molecule has 2 heterocycles. The summed E-state index contributed by atoms with van der Waals surface area (Å²) in [5.41, 5.74) is 3.99. The summed E-state index contributed by atoms with van der Waals surface area (Å²) in [6.45, 7) is 12.0. The quantitative estimate of drug-likeness (QED) is 0.919. The minimum Gasteiger partial charge on any atom is -0.465 e. The van der Waals surface area contributed by atoms with E-state index in [4.69, 9.17) is 4.42 Å². The summed E-state index contributed by atoms with van der Waals surface area (Å²) >= 11 is 0. The summed E-state index contributed by atoms with van der Waals surface area (Å²) in [4.78, 5) is 12.5. The molecule has 0 spiro atoms. The third-order valence-corrected chi connectivity index (χ3v) is 4.30. The summed E-state index contributed by atoms with van der Waals surface area (Å²) in [7, 11) is 1.94. The summed E-state index contributed by atoms with van der Waals surface area (Å²) < 4.78 is 7.55. The number of furan rings is 1. The average Bonchev–Trinajstić information content (AvgIpc) is 2.95. The molecule has 0 bridgehead atoms. The molecule has 0 aliphatic rings.